The van der Waals surface area contributed by atoms with E-state index >= 15 is 0 Å². The minimum atomic E-state index is -0.0422. The Morgan fingerprint density at radius 3 is 2.88 bits per heavy atom. The Kier molecular flexibility index (Phi) is 4.40. The molecule has 2 aromatic rings. The van der Waals surface area contributed by atoms with E-state index in [2.05, 4.69) is 31.2 Å². The molecule has 0 radical (unpaired) electrons. The summed E-state index contributed by atoms with van der Waals surface area (Å²) in [6.07, 6.45) is 8.68. The Labute approximate surface area is 142 Å². The van der Waals surface area contributed by atoms with E-state index in [1.165, 1.54) is 6.42 Å². The van der Waals surface area contributed by atoms with Crippen LogP contribution >= 0.6 is 0 Å². The molecular weight excluding hydrogens is 302 g/mol. The van der Waals surface area contributed by atoms with Crippen molar-refractivity contribution in [1.29, 1.82) is 0 Å². The largest absolute Gasteiger partial charge is 0.371 e. The Morgan fingerprint density at radius 2 is 2.04 bits per heavy atom. The molecule has 0 saturated carbocycles. The van der Waals surface area contributed by atoms with Gasteiger partial charge < -0.3 is 10.1 Å². The highest BCUT2D eigenvalue weighted by atomic mass is 16.5. The SMILES string of the molecule is c1ccc(CN2CCC[C@]3(C[C@H](Nc4ncccn4)CO3)C2)nc1. The van der Waals surface area contributed by atoms with Gasteiger partial charge in [0, 0.05) is 38.1 Å². The normalized spacial score (nSPS) is 27.4. The van der Waals surface area contributed by atoms with Gasteiger partial charge in [0.25, 0.3) is 0 Å². The first-order valence-electron chi connectivity index (χ1n) is 8.61. The van der Waals surface area contributed by atoms with Crippen molar-refractivity contribution in [2.24, 2.45) is 0 Å². The van der Waals surface area contributed by atoms with Crippen molar-refractivity contribution >= 4 is 5.95 Å². The summed E-state index contributed by atoms with van der Waals surface area (Å²) in [5.41, 5.74) is 1.08. The molecule has 1 spiro atoms. The van der Waals surface area contributed by atoms with Crippen molar-refractivity contribution in [3.63, 3.8) is 0 Å². The van der Waals surface area contributed by atoms with Gasteiger partial charge in [-0.05, 0) is 37.6 Å². The molecule has 24 heavy (non-hydrogen) atoms. The number of pyridine rings is 1. The van der Waals surface area contributed by atoms with Crippen molar-refractivity contribution in [1.82, 2.24) is 19.9 Å². The van der Waals surface area contributed by atoms with E-state index in [-0.39, 0.29) is 11.6 Å². The van der Waals surface area contributed by atoms with Crippen LogP contribution in [0.15, 0.2) is 42.9 Å². The molecule has 2 aliphatic rings. The van der Waals surface area contributed by atoms with Crippen LogP contribution in [0.4, 0.5) is 5.95 Å². The first kappa shape index (κ1) is 15.5. The molecule has 2 atom stereocenters. The molecule has 2 fully saturated rings. The second-order valence-corrected chi connectivity index (χ2v) is 6.75. The number of likely N-dealkylation sites (tertiary alicyclic amines) is 1. The van der Waals surface area contributed by atoms with E-state index in [1.54, 1.807) is 12.4 Å². The maximum Gasteiger partial charge on any atom is 0.222 e. The smallest absolute Gasteiger partial charge is 0.222 e. The van der Waals surface area contributed by atoms with Crippen LogP contribution in [0, 0.1) is 0 Å². The number of hydrogen-bond acceptors (Lipinski definition) is 6. The molecular formula is C18H23N5O. The number of piperidine rings is 1. The van der Waals surface area contributed by atoms with E-state index in [0.717, 1.165) is 44.8 Å². The maximum absolute atomic E-state index is 6.25. The maximum atomic E-state index is 6.25. The lowest BCUT2D eigenvalue weighted by atomic mass is 9.88. The minimum absolute atomic E-state index is 0.0422. The average Bonchev–Trinajstić information content (AvgIpc) is 2.98. The molecule has 0 aliphatic carbocycles. The van der Waals surface area contributed by atoms with Gasteiger partial charge in [-0.15, -0.1) is 0 Å². The molecule has 0 unspecified atom stereocenters. The predicted octanol–water partition coefficient (Wildman–Crippen LogP) is 2.11. The highest BCUT2D eigenvalue weighted by molar-refractivity contribution is 5.25. The van der Waals surface area contributed by atoms with Crippen molar-refractivity contribution in [2.45, 2.75) is 37.5 Å². The fraction of sp³-hybridized carbons (Fsp3) is 0.500. The summed E-state index contributed by atoms with van der Waals surface area (Å²) in [7, 11) is 0. The molecule has 0 aromatic carbocycles. The number of ether oxygens (including phenoxy) is 1. The third-order valence-corrected chi connectivity index (χ3v) is 4.84. The summed E-state index contributed by atoms with van der Waals surface area (Å²) in [4.78, 5) is 15.4. The number of nitrogens with one attached hydrogen (secondary N) is 1. The summed E-state index contributed by atoms with van der Waals surface area (Å²) < 4.78 is 6.25. The first-order chi connectivity index (χ1) is 11.8. The van der Waals surface area contributed by atoms with Crippen LogP contribution in [0.2, 0.25) is 0 Å². The molecule has 2 aromatic heterocycles. The van der Waals surface area contributed by atoms with Gasteiger partial charge in [0.15, 0.2) is 0 Å². The second kappa shape index (κ2) is 6.83. The number of rotatable bonds is 4. The molecule has 2 aliphatic heterocycles. The summed E-state index contributed by atoms with van der Waals surface area (Å²) >= 11 is 0. The van der Waals surface area contributed by atoms with E-state index in [0.29, 0.717) is 5.95 Å². The molecule has 1 N–H and O–H groups in total. The van der Waals surface area contributed by atoms with Crippen molar-refractivity contribution in [2.75, 3.05) is 25.0 Å². The summed E-state index contributed by atoms with van der Waals surface area (Å²) in [6.45, 7) is 3.69. The molecule has 6 heteroatoms. The predicted molar refractivity (Wildman–Crippen MR) is 91.5 cm³/mol. The summed E-state index contributed by atoms with van der Waals surface area (Å²) in [5, 5.41) is 3.40. The second-order valence-electron chi connectivity index (χ2n) is 6.75. The van der Waals surface area contributed by atoms with Crippen LogP contribution in [0.25, 0.3) is 0 Å². The summed E-state index contributed by atoms with van der Waals surface area (Å²) in [6, 6.07) is 8.21. The number of aromatic nitrogens is 3. The Bertz CT molecular complexity index is 653. The van der Waals surface area contributed by atoms with Gasteiger partial charge in [-0.1, -0.05) is 6.07 Å². The molecule has 0 bridgehead atoms. The van der Waals surface area contributed by atoms with Crippen molar-refractivity contribution in [3.05, 3.63) is 48.5 Å². The molecule has 0 amide bonds. The fourth-order valence-electron chi connectivity index (χ4n) is 3.82. The Hall–Kier alpha value is -2.05. The molecule has 2 saturated heterocycles. The number of hydrogen-bond donors (Lipinski definition) is 1. The quantitative estimate of drug-likeness (QED) is 0.929. The number of anilines is 1. The Balaban J connectivity index is 1.37. The van der Waals surface area contributed by atoms with Gasteiger partial charge >= 0.3 is 0 Å². The third kappa shape index (κ3) is 3.55. The fourth-order valence-corrected chi connectivity index (χ4v) is 3.82. The standard InChI is InChI=1S/C18H23N5O/c1-2-7-19-15(5-1)12-23-10-3-6-18(14-23)11-16(13-24-18)22-17-20-8-4-9-21-17/h1-2,4-5,7-9,16H,3,6,10-14H2,(H,20,21,22)/t16-,18-/m0/s1. The van der Waals surface area contributed by atoms with E-state index in [4.69, 9.17) is 4.74 Å². The van der Waals surface area contributed by atoms with Crippen LogP contribution in [0.5, 0.6) is 0 Å². The van der Waals surface area contributed by atoms with Crippen molar-refractivity contribution in [3.8, 4) is 0 Å². The van der Waals surface area contributed by atoms with E-state index in [1.807, 2.05) is 24.4 Å². The monoisotopic (exact) mass is 325 g/mol. The topological polar surface area (TPSA) is 63.2 Å². The van der Waals surface area contributed by atoms with Gasteiger partial charge in [0.05, 0.1) is 23.9 Å². The van der Waals surface area contributed by atoms with Crippen LogP contribution < -0.4 is 5.32 Å². The lowest BCUT2D eigenvalue weighted by molar-refractivity contribution is -0.0535. The number of nitrogens with zero attached hydrogens (tertiary/aromatic N) is 4. The van der Waals surface area contributed by atoms with E-state index < -0.39 is 0 Å². The molecule has 6 nitrogen and oxygen atoms in total. The van der Waals surface area contributed by atoms with Gasteiger partial charge in [-0.25, -0.2) is 9.97 Å². The molecule has 126 valence electrons. The lowest BCUT2D eigenvalue weighted by Gasteiger charge is -2.39. The highest BCUT2D eigenvalue weighted by Gasteiger charge is 2.43. The van der Waals surface area contributed by atoms with Gasteiger partial charge in [0.2, 0.25) is 5.95 Å². The zero-order valence-electron chi connectivity index (χ0n) is 13.8. The van der Waals surface area contributed by atoms with Gasteiger partial charge in [0.1, 0.15) is 0 Å². The van der Waals surface area contributed by atoms with Crippen molar-refractivity contribution < 1.29 is 4.74 Å². The minimum Gasteiger partial charge on any atom is -0.371 e. The Morgan fingerprint density at radius 1 is 1.17 bits per heavy atom. The summed E-state index contributed by atoms with van der Waals surface area (Å²) in [5.74, 6) is 0.685. The zero-order valence-corrected chi connectivity index (χ0v) is 13.8. The van der Waals surface area contributed by atoms with E-state index in [9.17, 15) is 0 Å². The first-order valence-corrected chi connectivity index (χ1v) is 8.61. The van der Waals surface area contributed by atoms with Gasteiger partial charge in [-0.3, -0.25) is 9.88 Å². The van der Waals surface area contributed by atoms with Crippen LogP contribution in [0.1, 0.15) is 25.0 Å². The molecule has 4 rings (SSSR count). The lowest BCUT2D eigenvalue weighted by Crippen LogP contribution is -2.47. The average molecular weight is 325 g/mol. The third-order valence-electron chi connectivity index (χ3n) is 4.84. The van der Waals surface area contributed by atoms with Gasteiger partial charge in [-0.2, -0.15) is 0 Å². The highest BCUT2D eigenvalue weighted by Crippen LogP contribution is 2.35. The zero-order chi connectivity index (χ0) is 16.2. The molecule has 4 heterocycles. The van der Waals surface area contributed by atoms with Crippen LogP contribution in [-0.2, 0) is 11.3 Å². The van der Waals surface area contributed by atoms with Crippen LogP contribution in [0.3, 0.4) is 0 Å². The van der Waals surface area contributed by atoms with Crippen LogP contribution in [-0.4, -0.2) is 51.2 Å².